The van der Waals surface area contributed by atoms with Crippen molar-refractivity contribution in [2.75, 3.05) is 11.5 Å². The summed E-state index contributed by atoms with van der Waals surface area (Å²) in [6, 6.07) is 4.62. The van der Waals surface area contributed by atoms with Gasteiger partial charge in [-0.15, -0.1) is 0 Å². The fraction of sp³-hybridized carbons (Fsp3) is 0.286. The fourth-order valence-corrected chi connectivity index (χ4v) is 6.09. The Labute approximate surface area is 153 Å². The molecule has 2 heterocycles. The molecule has 4 nitrogen and oxygen atoms in total. The van der Waals surface area contributed by atoms with Crippen LogP contribution in [0.5, 0.6) is 0 Å². The van der Waals surface area contributed by atoms with Crippen molar-refractivity contribution in [1.82, 2.24) is 4.90 Å². The van der Waals surface area contributed by atoms with E-state index >= 15 is 0 Å². The molecule has 0 saturated carbocycles. The van der Waals surface area contributed by atoms with E-state index in [2.05, 4.69) is 0 Å². The molecule has 1 atom stereocenters. The van der Waals surface area contributed by atoms with Crippen LogP contribution in [0, 0.1) is 0 Å². The number of amides is 1. The van der Waals surface area contributed by atoms with Gasteiger partial charge in [0.1, 0.15) is 4.32 Å². The first kappa shape index (κ1) is 17.2. The Kier molecular flexibility index (Phi) is 4.77. The summed E-state index contributed by atoms with van der Waals surface area (Å²) in [5.74, 6) is -0.210. The van der Waals surface area contributed by atoms with Crippen molar-refractivity contribution in [3.8, 4) is 0 Å². The van der Waals surface area contributed by atoms with Crippen LogP contribution in [0.2, 0.25) is 10.0 Å². The molecule has 0 radical (unpaired) electrons. The molecule has 122 valence electrons. The molecule has 2 aliphatic heterocycles. The Bertz CT molecular complexity index is 836. The van der Waals surface area contributed by atoms with Crippen LogP contribution in [0.1, 0.15) is 12.0 Å². The molecule has 23 heavy (non-hydrogen) atoms. The van der Waals surface area contributed by atoms with Gasteiger partial charge in [-0.2, -0.15) is 0 Å². The van der Waals surface area contributed by atoms with E-state index in [4.69, 9.17) is 35.4 Å². The van der Waals surface area contributed by atoms with Crippen LogP contribution in [0.4, 0.5) is 0 Å². The van der Waals surface area contributed by atoms with Gasteiger partial charge in [0.15, 0.2) is 9.84 Å². The van der Waals surface area contributed by atoms with Crippen molar-refractivity contribution in [2.24, 2.45) is 0 Å². The summed E-state index contributed by atoms with van der Waals surface area (Å²) in [5.41, 5.74) is 0.663. The third-order valence-corrected chi connectivity index (χ3v) is 7.29. The number of hydrogen-bond donors (Lipinski definition) is 0. The summed E-state index contributed by atoms with van der Waals surface area (Å²) >= 11 is 18.4. The van der Waals surface area contributed by atoms with Crippen molar-refractivity contribution < 1.29 is 13.2 Å². The molecule has 2 saturated heterocycles. The topological polar surface area (TPSA) is 54.5 Å². The first-order valence-electron chi connectivity index (χ1n) is 6.69. The zero-order valence-corrected chi connectivity index (χ0v) is 15.6. The molecular formula is C14H11Cl2NO3S3. The van der Waals surface area contributed by atoms with Crippen LogP contribution < -0.4 is 0 Å². The van der Waals surface area contributed by atoms with Gasteiger partial charge in [-0.05, 0) is 30.2 Å². The van der Waals surface area contributed by atoms with E-state index in [0.717, 1.165) is 11.8 Å². The summed E-state index contributed by atoms with van der Waals surface area (Å²) in [4.78, 5) is 14.4. The van der Waals surface area contributed by atoms with Gasteiger partial charge in [-0.1, -0.05) is 53.2 Å². The molecule has 3 rings (SSSR count). The minimum atomic E-state index is -3.09. The Balaban J connectivity index is 1.88. The first-order valence-corrected chi connectivity index (χ1v) is 10.5. The maximum absolute atomic E-state index is 12.6. The van der Waals surface area contributed by atoms with Gasteiger partial charge in [0.05, 0.1) is 22.5 Å². The van der Waals surface area contributed by atoms with Gasteiger partial charge in [0.2, 0.25) is 0 Å². The second-order valence-electron chi connectivity index (χ2n) is 5.27. The number of sulfone groups is 1. The number of benzene rings is 1. The Morgan fingerprint density at radius 1 is 1.35 bits per heavy atom. The quantitative estimate of drug-likeness (QED) is 0.555. The molecule has 2 fully saturated rings. The molecule has 1 aromatic rings. The van der Waals surface area contributed by atoms with Crippen molar-refractivity contribution in [2.45, 2.75) is 12.5 Å². The molecule has 0 aliphatic carbocycles. The zero-order chi connectivity index (χ0) is 16.8. The number of thioether (sulfide) groups is 1. The van der Waals surface area contributed by atoms with E-state index in [-0.39, 0.29) is 23.5 Å². The predicted octanol–water partition coefficient (Wildman–Crippen LogP) is 3.38. The van der Waals surface area contributed by atoms with Crippen LogP contribution in [-0.2, 0) is 14.6 Å². The van der Waals surface area contributed by atoms with Crippen LogP contribution in [0.25, 0.3) is 6.08 Å². The highest BCUT2D eigenvalue weighted by Gasteiger charge is 2.42. The van der Waals surface area contributed by atoms with Gasteiger partial charge in [0.25, 0.3) is 5.91 Å². The molecule has 1 amide bonds. The second-order valence-corrected chi connectivity index (χ2v) is 10.0. The van der Waals surface area contributed by atoms with Crippen molar-refractivity contribution in [3.63, 3.8) is 0 Å². The Morgan fingerprint density at radius 3 is 2.70 bits per heavy atom. The summed E-state index contributed by atoms with van der Waals surface area (Å²) in [6.45, 7) is 0. The summed E-state index contributed by atoms with van der Waals surface area (Å²) in [6.07, 6.45) is 2.07. The van der Waals surface area contributed by atoms with Gasteiger partial charge < -0.3 is 0 Å². The second kappa shape index (κ2) is 6.37. The number of carbonyl (C=O) groups excluding carboxylic acids is 1. The normalized spacial score (nSPS) is 25.6. The van der Waals surface area contributed by atoms with Crippen LogP contribution >= 0.6 is 47.2 Å². The van der Waals surface area contributed by atoms with E-state index in [9.17, 15) is 13.2 Å². The first-order chi connectivity index (χ1) is 10.8. The van der Waals surface area contributed by atoms with E-state index in [1.54, 1.807) is 24.3 Å². The van der Waals surface area contributed by atoms with Gasteiger partial charge in [-0.25, -0.2) is 8.42 Å². The summed E-state index contributed by atoms with van der Waals surface area (Å²) in [7, 11) is -3.09. The van der Waals surface area contributed by atoms with Crippen LogP contribution in [0.3, 0.4) is 0 Å². The maximum Gasteiger partial charge on any atom is 0.266 e. The SMILES string of the molecule is O=C1/C(=C/c2ccc(Cl)cc2Cl)SC(=S)N1[C@H]1CCS(=O)(=O)C1. The van der Waals surface area contributed by atoms with Gasteiger partial charge in [-0.3, -0.25) is 9.69 Å². The largest absolute Gasteiger partial charge is 0.289 e. The fourth-order valence-electron chi connectivity index (χ4n) is 2.53. The molecule has 0 N–H and O–H groups in total. The number of rotatable bonds is 2. The summed E-state index contributed by atoms with van der Waals surface area (Å²) < 4.78 is 23.6. The van der Waals surface area contributed by atoms with E-state index < -0.39 is 9.84 Å². The minimum Gasteiger partial charge on any atom is -0.289 e. The van der Waals surface area contributed by atoms with Crippen molar-refractivity contribution in [1.29, 1.82) is 0 Å². The number of nitrogens with zero attached hydrogens (tertiary/aromatic N) is 1. The number of hydrogen-bond acceptors (Lipinski definition) is 5. The summed E-state index contributed by atoms with van der Waals surface area (Å²) in [5, 5.41) is 0.946. The molecular weight excluding hydrogens is 397 g/mol. The van der Waals surface area contributed by atoms with E-state index in [0.29, 0.717) is 31.3 Å². The third kappa shape index (κ3) is 3.58. The highest BCUT2D eigenvalue weighted by Crippen LogP contribution is 2.37. The standard InChI is InChI=1S/C14H11Cl2NO3S3/c15-9-2-1-8(11(16)6-9)5-12-13(18)17(14(21)22-12)10-3-4-23(19,20)7-10/h1-2,5-6,10H,3-4,7H2/b12-5-/t10-/m0/s1. The van der Waals surface area contributed by atoms with Crippen molar-refractivity contribution >= 4 is 73.3 Å². The molecule has 0 spiro atoms. The number of halogens is 2. The van der Waals surface area contributed by atoms with Crippen LogP contribution in [0.15, 0.2) is 23.1 Å². The number of thiocarbonyl (C=S) groups is 1. The Hall–Kier alpha value is -0.600. The smallest absolute Gasteiger partial charge is 0.266 e. The molecule has 0 aromatic heterocycles. The van der Waals surface area contributed by atoms with E-state index in [1.165, 1.54) is 4.90 Å². The molecule has 1 aromatic carbocycles. The predicted molar refractivity (Wildman–Crippen MR) is 98.5 cm³/mol. The molecule has 2 aliphatic rings. The number of carbonyl (C=O) groups is 1. The zero-order valence-electron chi connectivity index (χ0n) is 11.7. The average molecular weight is 408 g/mol. The lowest BCUT2D eigenvalue weighted by Gasteiger charge is -2.20. The average Bonchev–Trinajstić information content (AvgIpc) is 2.93. The van der Waals surface area contributed by atoms with Gasteiger partial charge >= 0.3 is 0 Å². The van der Waals surface area contributed by atoms with E-state index in [1.807, 2.05) is 0 Å². The van der Waals surface area contributed by atoms with Gasteiger partial charge in [0, 0.05) is 10.0 Å². The maximum atomic E-state index is 12.6. The third-order valence-electron chi connectivity index (χ3n) is 3.65. The highest BCUT2D eigenvalue weighted by molar-refractivity contribution is 8.26. The Morgan fingerprint density at radius 2 is 2.09 bits per heavy atom. The minimum absolute atomic E-state index is 0.0333. The monoisotopic (exact) mass is 407 g/mol. The lowest BCUT2D eigenvalue weighted by Crippen LogP contribution is -2.39. The highest BCUT2D eigenvalue weighted by atomic mass is 35.5. The molecule has 0 unspecified atom stereocenters. The lowest BCUT2D eigenvalue weighted by molar-refractivity contribution is -0.123. The lowest BCUT2D eigenvalue weighted by atomic mass is 10.2. The van der Waals surface area contributed by atoms with Crippen LogP contribution in [-0.4, -0.2) is 41.1 Å². The van der Waals surface area contributed by atoms with Crippen molar-refractivity contribution in [3.05, 3.63) is 38.7 Å². The molecule has 0 bridgehead atoms. The molecule has 9 heteroatoms.